The Hall–Kier alpha value is -1.28. The monoisotopic (exact) mass is 403 g/mol. The lowest BCUT2D eigenvalue weighted by atomic mass is 9.78. The van der Waals surface area contributed by atoms with Gasteiger partial charge in [0.05, 0.1) is 24.4 Å². The molecule has 0 spiro atoms. The Kier molecular flexibility index (Phi) is 6.59. The number of morpholine rings is 1. The standard InChI is InChI=1S/C21H30BNO4S/c1-16(24)28-15-18(22-26-20(2,3)21(4,5)27-22)14-17-6-8-19(9-7-17)23-10-12-25-13-11-23/h6-9,14H,10-13,15H2,1-5H3. The number of benzene rings is 1. The van der Waals surface area contributed by atoms with Gasteiger partial charge in [-0.2, -0.15) is 0 Å². The molecular weight excluding hydrogens is 373 g/mol. The van der Waals surface area contributed by atoms with Gasteiger partial charge >= 0.3 is 7.12 Å². The Morgan fingerprint density at radius 1 is 1.11 bits per heavy atom. The van der Waals surface area contributed by atoms with Crippen LogP contribution in [0.4, 0.5) is 5.69 Å². The minimum absolute atomic E-state index is 0.0880. The fourth-order valence-corrected chi connectivity index (χ4v) is 3.76. The first kappa shape index (κ1) is 21.4. The molecule has 2 fully saturated rings. The average Bonchev–Trinajstić information content (AvgIpc) is 2.87. The van der Waals surface area contributed by atoms with E-state index in [0.717, 1.165) is 37.3 Å². The van der Waals surface area contributed by atoms with Crippen molar-refractivity contribution in [2.75, 3.05) is 37.0 Å². The first-order valence-corrected chi connectivity index (χ1v) is 10.8. The number of carbonyl (C=O) groups is 1. The van der Waals surface area contributed by atoms with Crippen molar-refractivity contribution in [3.05, 3.63) is 35.3 Å². The second-order valence-corrected chi connectivity index (χ2v) is 9.43. The number of anilines is 1. The Balaban J connectivity index is 1.79. The van der Waals surface area contributed by atoms with Crippen LogP contribution < -0.4 is 4.90 Å². The van der Waals surface area contributed by atoms with Crippen LogP contribution in [0.1, 0.15) is 40.2 Å². The summed E-state index contributed by atoms with van der Waals surface area (Å²) in [7, 11) is -0.448. The van der Waals surface area contributed by atoms with Gasteiger partial charge in [-0.3, -0.25) is 4.79 Å². The van der Waals surface area contributed by atoms with Gasteiger partial charge in [0.1, 0.15) is 0 Å². The highest BCUT2D eigenvalue weighted by Gasteiger charge is 2.52. The third kappa shape index (κ3) is 5.01. The molecule has 3 rings (SSSR count). The van der Waals surface area contributed by atoms with Crippen LogP contribution in [-0.2, 0) is 18.8 Å². The number of ether oxygens (including phenoxy) is 1. The molecule has 0 atom stereocenters. The highest BCUT2D eigenvalue weighted by atomic mass is 32.2. The van der Waals surface area contributed by atoms with Crippen LogP contribution in [0.15, 0.2) is 29.7 Å². The largest absolute Gasteiger partial charge is 0.491 e. The molecule has 2 aliphatic rings. The summed E-state index contributed by atoms with van der Waals surface area (Å²) in [6.07, 6.45) is 2.08. The minimum Gasteiger partial charge on any atom is -0.400 e. The topological polar surface area (TPSA) is 48.0 Å². The van der Waals surface area contributed by atoms with Gasteiger partial charge in [-0.1, -0.05) is 30.0 Å². The molecule has 5 nitrogen and oxygen atoms in total. The molecule has 152 valence electrons. The van der Waals surface area contributed by atoms with E-state index < -0.39 is 18.3 Å². The van der Waals surface area contributed by atoms with Crippen molar-refractivity contribution in [3.8, 4) is 0 Å². The number of carbonyl (C=O) groups excluding carboxylic acids is 1. The maximum Gasteiger partial charge on any atom is 0.491 e. The van der Waals surface area contributed by atoms with E-state index in [1.165, 1.54) is 17.4 Å². The molecule has 0 bridgehead atoms. The maximum absolute atomic E-state index is 11.5. The minimum atomic E-state index is -0.448. The smallest absolute Gasteiger partial charge is 0.400 e. The number of thioether (sulfide) groups is 1. The van der Waals surface area contributed by atoms with Gasteiger partial charge in [0.25, 0.3) is 0 Å². The molecule has 0 amide bonds. The van der Waals surface area contributed by atoms with Crippen molar-refractivity contribution < 1.29 is 18.8 Å². The van der Waals surface area contributed by atoms with Gasteiger partial charge in [-0.15, -0.1) is 0 Å². The van der Waals surface area contributed by atoms with Crippen LogP contribution in [0.2, 0.25) is 0 Å². The molecule has 0 saturated carbocycles. The van der Waals surface area contributed by atoms with Gasteiger partial charge in [0.15, 0.2) is 5.12 Å². The van der Waals surface area contributed by atoms with E-state index in [4.69, 9.17) is 14.0 Å². The van der Waals surface area contributed by atoms with Gasteiger partial charge < -0.3 is 18.9 Å². The zero-order chi connectivity index (χ0) is 20.4. The van der Waals surface area contributed by atoms with Gasteiger partial charge in [0, 0.05) is 31.5 Å². The lowest BCUT2D eigenvalue weighted by molar-refractivity contribution is -0.109. The molecule has 0 unspecified atom stereocenters. The summed E-state index contributed by atoms with van der Waals surface area (Å²) in [5.74, 6) is 0.553. The quantitative estimate of drug-likeness (QED) is 0.697. The number of hydrogen-bond donors (Lipinski definition) is 0. The summed E-state index contributed by atoms with van der Waals surface area (Å²) in [6, 6.07) is 8.48. The van der Waals surface area contributed by atoms with Crippen LogP contribution in [0.3, 0.4) is 0 Å². The molecule has 1 aromatic rings. The lowest BCUT2D eigenvalue weighted by Crippen LogP contribution is -2.41. The summed E-state index contributed by atoms with van der Waals surface area (Å²) < 4.78 is 17.9. The highest BCUT2D eigenvalue weighted by molar-refractivity contribution is 8.13. The predicted octanol–water partition coefficient (Wildman–Crippen LogP) is 3.82. The van der Waals surface area contributed by atoms with E-state index in [1.807, 2.05) is 27.7 Å². The Morgan fingerprint density at radius 2 is 1.68 bits per heavy atom. The summed E-state index contributed by atoms with van der Waals surface area (Å²) in [5.41, 5.74) is 2.44. The van der Waals surface area contributed by atoms with E-state index in [-0.39, 0.29) is 5.12 Å². The molecule has 0 N–H and O–H groups in total. The molecule has 2 heterocycles. The average molecular weight is 403 g/mol. The van der Waals surface area contributed by atoms with Crippen molar-refractivity contribution in [3.63, 3.8) is 0 Å². The summed E-state index contributed by atoms with van der Waals surface area (Å²) in [4.78, 5) is 13.9. The molecule has 2 aliphatic heterocycles. The van der Waals surface area contributed by atoms with Crippen LogP contribution in [0.25, 0.3) is 6.08 Å². The summed E-state index contributed by atoms with van der Waals surface area (Å²) in [6.45, 7) is 13.1. The van der Waals surface area contributed by atoms with E-state index in [9.17, 15) is 4.79 Å². The van der Waals surface area contributed by atoms with Crippen LogP contribution in [0, 0.1) is 0 Å². The molecule has 1 aromatic carbocycles. The fraction of sp³-hybridized carbons (Fsp3) is 0.571. The van der Waals surface area contributed by atoms with E-state index in [1.54, 1.807) is 6.92 Å². The Bertz CT molecular complexity index is 710. The van der Waals surface area contributed by atoms with Crippen molar-refractivity contribution in [2.45, 2.75) is 45.8 Å². The van der Waals surface area contributed by atoms with Crippen LogP contribution in [-0.4, -0.2) is 55.5 Å². The SMILES string of the molecule is CC(=O)SCC(=Cc1ccc(N2CCOCC2)cc1)B1OC(C)(C)C(C)(C)O1. The molecule has 2 saturated heterocycles. The van der Waals surface area contributed by atoms with E-state index in [2.05, 4.69) is 35.2 Å². The maximum atomic E-state index is 11.5. The van der Waals surface area contributed by atoms with Gasteiger partial charge in [-0.25, -0.2) is 0 Å². The third-order valence-corrected chi connectivity index (χ3v) is 6.50. The summed E-state index contributed by atoms with van der Waals surface area (Å²) >= 11 is 1.28. The molecule has 0 radical (unpaired) electrons. The molecule has 0 aromatic heterocycles. The van der Waals surface area contributed by atoms with E-state index >= 15 is 0 Å². The third-order valence-electron chi connectivity index (χ3n) is 5.62. The zero-order valence-electron chi connectivity index (χ0n) is 17.5. The first-order valence-electron chi connectivity index (χ1n) is 9.80. The zero-order valence-corrected chi connectivity index (χ0v) is 18.3. The van der Waals surface area contributed by atoms with Crippen molar-refractivity contribution in [2.24, 2.45) is 0 Å². The van der Waals surface area contributed by atoms with Crippen molar-refractivity contribution >= 4 is 35.8 Å². The summed E-state index contributed by atoms with van der Waals surface area (Å²) in [5, 5.41) is 0.0880. The molecular formula is C21H30BNO4S. The lowest BCUT2D eigenvalue weighted by Gasteiger charge is -2.32. The first-order chi connectivity index (χ1) is 13.2. The van der Waals surface area contributed by atoms with Gasteiger partial charge in [0.2, 0.25) is 0 Å². The molecule has 0 aliphatic carbocycles. The Morgan fingerprint density at radius 3 is 2.21 bits per heavy atom. The normalized spacial score (nSPS) is 21.8. The fourth-order valence-electron chi connectivity index (χ4n) is 3.17. The number of nitrogens with zero attached hydrogens (tertiary/aromatic N) is 1. The van der Waals surface area contributed by atoms with E-state index in [0.29, 0.717) is 5.75 Å². The van der Waals surface area contributed by atoms with Crippen LogP contribution >= 0.6 is 11.8 Å². The number of rotatable bonds is 5. The number of hydrogen-bond acceptors (Lipinski definition) is 6. The predicted molar refractivity (Wildman–Crippen MR) is 117 cm³/mol. The second kappa shape index (κ2) is 8.62. The Labute approximate surface area is 172 Å². The van der Waals surface area contributed by atoms with Crippen LogP contribution in [0.5, 0.6) is 0 Å². The second-order valence-electron chi connectivity index (χ2n) is 8.28. The molecule has 28 heavy (non-hydrogen) atoms. The van der Waals surface area contributed by atoms with Gasteiger partial charge in [-0.05, 0) is 50.9 Å². The van der Waals surface area contributed by atoms with Crippen molar-refractivity contribution in [1.82, 2.24) is 0 Å². The molecule has 7 heteroatoms. The van der Waals surface area contributed by atoms with Crippen molar-refractivity contribution in [1.29, 1.82) is 0 Å². The highest BCUT2D eigenvalue weighted by Crippen LogP contribution is 2.39.